The van der Waals surface area contributed by atoms with Crippen LogP contribution in [0.2, 0.25) is 0 Å². The number of hydrogen-bond donors (Lipinski definition) is 2. The van der Waals surface area contributed by atoms with E-state index in [0.29, 0.717) is 24.7 Å². The lowest BCUT2D eigenvalue weighted by Crippen LogP contribution is -2.34. The second-order valence-corrected chi connectivity index (χ2v) is 4.83. The Morgan fingerprint density at radius 2 is 2.00 bits per heavy atom. The fourth-order valence-corrected chi connectivity index (χ4v) is 1.57. The van der Waals surface area contributed by atoms with Crippen molar-refractivity contribution in [1.29, 1.82) is 0 Å². The van der Waals surface area contributed by atoms with Crippen LogP contribution in [0.5, 0.6) is 5.75 Å². The average molecular weight is 280 g/mol. The Morgan fingerprint density at radius 3 is 2.65 bits per heavy atom. The molecule has 0 saturated heterocycles. The Bertz CT molecular complexity index is 421. The molecule has 20 heavy (non-hydrogen) atoms. The highest BCUT2D eigenvalue weighted by atomic mass is 16.5. The van der Waals surface area contributed by atoms with Crippen molar-refractivity contribution < 1.29 is 14.3 Å². The van der Waals surface area contributed by atoms with Crippen molar-refractivity contribution in [2.45, 2.75) is 26.3 Å². The lowest BCUT2D eigenvalue weighted by atomic mass is 10.0. The number of anilines is 1. The third-order valence-corrected chi connectivity index (χ3v) is 3.10. The lowest BCUT2D eigenvalue weighted by molar-refractivity contribution is -0.119. The molecule has 1 rings (SSSR count). The number of ether oxygens (including phenoxy) is 2. The van der Waals surface area contributed by atoms with Gasteiger partial charge in [0.2, 0.25) is 5.91 Å². The van der Waals surface area contributed by atoms with Crippen LogP contribution in [0.15, 0.2) is 24.3 Å². The number of methoxy groups -OCH3 is 1. The van der Waals surface area contributed by atoms with Crippen molar-refractivity contribution in [3.05, 3.63) is 24.3 Å². The summed E-state index contributed by atoms with van der Waals surface area (Å²) in [6, 6.07) is 7.19. The minimum atomic E-state index is -0.253. The predicted molar refractivity (Wildman–Crippen MR) is 79.9 cm³/mol. The molecule has 0 aromatic heterocycles. The van der Waals surface area contributed by atoms with Crippen LogP contribution in [0.25, 0.3) is 0 Å². The first-order valence-corrected chi connectivity index (χ1v) is 6.83. The van der Waals surface area contributed by atoms with Crippen LogP contribution in [-0.4, -0.2) is 32.3 Å². The Balaban J connectivity index is 2.63. The first kappa shape index (κ1) is 16.5. The first-order chi connectivity index (χ1) is 9.56. The monoisotopic (exact) mass is 280 g/mol. The molecule has 5 heteroatoms. The summed E-state index contributed by atoms with van der Waals surface area (Å²) in [4.78, 5) is 12.0. The molecule has 0 spiro atoms. The highest BCUT2D eigenvalue weighted by Gasteiger charge is 2.18. The van der Waals surface area contributed by atoms with Gasteiger partial charge >= 0.3 is 0 Å². The number of carbonyl (C=O) groups is 1. The molecule has 0 heterocycles. The smallest absolute Gasteiger partial charge is 0.228 e. The standard InChI is InChI=1S/C15H24N2O3/c1-11(12(2)16)15(18)17-13-7-4-5-8-14(13)20-10-6-9-19-3/h4-5,7-8,11-12H,6,9-10,16H2,1-3H3,(H,17,18). The second kappa shape index (κ2) is 8.55. The number of amides is 1. The largest absolute Gasteiger partial charge is 0.491 e. The Morgan fingerprint density at radius 1 is 1.30 bits per heavy atom. The summed E-state index contributed by atoms with van der Waals surface area (Å²) in [7, 11) is 1.66. The SMILES string of the molecule is COCCCOc1ccccc1NC(=O)C(C)C(C)N. The van der Waals surface area contributed by atoms with E-state index in [2.05, 4.69) is 5.32 Å². The van der Waals surface area contributed by atoms with Crippen molar-refractivity contribution in [2.24, 2.45) is 11.7 Å². The molecule has 5 nitrogen and oxygen atoms in total. The number of nitrogens with one attached hydrogen (secondary N) is 1. The zero-order valence-corrected chi connectivity index (χ0v) is 12.4. The van der Waals surface area contributed by atoms with Crippen LogP contribution in [0.3, 0.4) is 0 Å². The van der Waals surface area contributed by atoms with Crippen LogP contribution in [0.1, 0.15) is 20.3 Å². The molecule has 2 unspecified atom stereocenters. The van der Waals surface area contributed by atoms with E-state index in [1.807, 2.05) is 38.1 Å². The molecule has 2 atom stereocenters. The van der Waals surface area contributed by atoms with Gasteiger partial charge in [0.25, 0.3) is 0 Å². The topological polar surface area (TPSA) is 73.6 Å². The average Bonchev–Trinajstić information content (AvgIpc) is 2.44. The molecule has 0 fully saturated rings. The van der Waals surface area contributed by atoms with E-state index in [0.717, 1.165) is 6.42 Å². The van der Waals surface area contributed by atoms with Crippen molar-refractivity contribution in [1.82, 2.24) is 0 Å². The number of rotatable bonds is 8. The number of para-hydroxylation sites is 2. The van der Waals surface area contributed by atoms with E-state index < -0.39 is 0 Å². The molecule has 1 aromatic carbocycles. The summed E-state index contributed by atoms with van der Waals surface area (Å²) in [5.74, 6) is 0.304. The highest BCUT2D eigenvalue weighted by Crippen LogP contribution is 2.24. The summed E-state index contributed by atoms with van der Waals surface area (Å²) < 4.78 is 10.6. The van der Waals surface area contributed by atoms with Crippen molar-refractivity contribution >= 4 is 11.6 Å². The molecule has 0 bridgehead atoms. The van der Waals surface area contributed by atoms with Gasteiger partial charge in [-0.25, -0.2) is 0 Å². The Kier molecular flexibility index (Phi) is 7.04. The van der Waals surface area contributed by atoms with Gasteiger partial charge in [-0.15, -0.1) is 0 Å². The molecule has 3 N–H and O–H groups in total. The van der Waals surface area contributed by atoms with E-state index in [-0.39, 0.29) is 17.9 Å². The van der Waals surface area contributed by atoms with Gasteiger partial charge in [-0.05, 0) is 19.1 Å². The maximum atomic E-state index is 12.0. The third kappa shape index (κ3) is 5.19. The van der Waals surface area contributed by atoms with Crippen molar-refractivity contribution in [3.63, 3.8) is 0 Å². The molecule has 0 aliphatic rings. The number of benzene rings is 1. The Labute approximate surface area is 120 Å². The molecule has 1 aromatic rings. The van der Waals surface area contributed by atoms with Gasteiger partial charge < -0.3 is 20.5 Å². The third-order valence-electron chi connectivity index (χ3n) is 3.10. The first-order valence-electron chi connectivity index (χ1n) is 6.83. The second-order valence-electron chi connectivity index (χ2n) is 4.83. The molecule has 0 aliphatic carbocycles. The summed E-state index contributed by atoms with van der Waals surface area (Å²) in [5.41, 5.74) is 6.41. The van der Waals surface area contributed by atoms with Gasteiger partial charge in [0.1, 0.15) is 5.75 Å². The van der Waals surface area contributed by atoms with Crippen LogP contribution in [0, 0.1) is 5.92 Å². The zero-order valence-electron chi connectivity index (χ0n) is 12.4. The van der Waals surface area contributed by atoms with Crippen LogP contribution >= 0.6 is 0 Å². The normalized spacial score (nSPS) is 13.6. The molecular formula is C15H24N2O3. The number of nitrogens with two attached hydrogens (primary N) is 1. The van der Waals surface area contributed by atoms with Gasteiger partial charge in [0, 0.05) is 26.2 Å². The zero-order chi connectivity index (χ0) is 15.0. The van der Waals surface area contributed by atoms with Gasteiger partial charge in [-0.2, -0.15) is 0 Å². The van der Waals surface area contributed by atoms with E-state index in [4.69, 9.17) is 15.2 Å². The van der Waals surface area contributed by atoms with Crippen molar-refractivity contribution in [2.75, 3.05) is 25.6 Å². The molecule has 0 radical (unpaired) electrons. The van der Waals surface area contributed by atoms with Crippen LogP contribution < -0.4 is 15.8 Å². The Hall–Kier alpha value is -1.59. The van der Waals surface area contributed by atoms with Gasteiger partial charge in [0.15, 0.2) is 0 Å². The molecule has 0 saturated carbocycles. The van der Waals surface area contributed by atoms with Gasteiger partial charge in [0.05, 0.1) is 18.2 Å². The minimum Gasteiger partial charge on any atom is -0.491 e. The van der Waals surface area contributed by atoms with E-state index in [1.54, 1.807) is 7.11 Å². The van der Waals surface area contributed by atoms with Gasteiger partial charge in [-0.1, -0.05) is 19.1 Å². The fourth-order valence-electron chi connectivity index (χ4n) is 1.57. The lowest BCUT2D eigenvalue weighted by Gasteiger charge is -2.17. The highest BCUT2D eigenvalue weighted by molar-refractivity contribution is 5.94. The minimum absolute atomic E-state index is 0.104. The van der Waals surface area contributed by atoms with E-state index in [9.17, 15) is 4.79 Å². The summed E-state index contributed by atoms with van der Waals surface area (Å²) in [6.07, 6.45) is 0.801. The molecule has 0 aliphatic heterocycles. The van der Waals surface area contributed by atoms with Crippen molar-refractivity contribution in [3.8, 4) is 5.75 Å². The van der Waals surface area contributed by atoms with E-state index >= 15 is 0 Å². The molecule has 1 amide bonds. The van der Waals surface area contributed by atoms with Crippen LogP contribution in [0.4, 0.5) is 5.69 Å². The summed E-state index contributed by atoms with van der Waals surface area (Å²) >= 11 is 0. The van der Waals surface area contributed by atoms with E-state index in [1.165, 1.54) is 0 Å². The molecular weight excluding hydrogens is 256 g/mol. The maximum absolute atomic E-state index is 12.0. The summed E-state index contributed by atoms with van der Waals surface area (Å²) in [5, 5.41) is 2.86. The molecule has 112 valence electrons. The number of carbonyl (C=O) groups excluding carboxylic acids is 1. The fraction of sp³-hybridized carbons (Fsp3) is 0.533. The van der Waals surface area contributed by atoms with Gasteiger partial charge in [-0.3, -0.25) is 4.79 Å². The predicted octanol–water partition coefficient (Wildman–Crippen LogP) is 2.02. The quantitative estimate of drug-likeness (QED) is 0.715. The summed E-state index contributed by atoms with van der Waals surface area (Å²) in [6.45, 7) is 4.82. The maximum Gasteiger partial charge on any atom is 0.228 e. The van der Waals surface area contributed by atoms with Crippen LogP contribution in [-0.2, 0) is 9.53 Å². The number of hydrogen-bond acceptors (Lipinski definition) is 4.